The lowest BCUT2D eigenvalue weighted by Gasteiger charge is -2.16. The van der Waals surface area contributed by atoms with Crippen LogP contribution in [0.1, 0.15) is 6.42 Å². The van der Waals surface area contributed by atoms with E-state index in [2.05, 4.69) is 9.98 Å². The van der Waals surface area contributed by atoms with Crippen LogP contribution >= 0.6 is 12.4 Å². The molecule has 1 fully saturated rings. The second-order valence-corrected chi connectivity index (χ2v) is 5.35. The van der Waals surface area contributed by atoms with Crippen LogP contribution in [0.5, 0.6) is 17.2 Å². The zero-order valence-electron chi connectivity index (χ0n) is 14.7. The first-order valence-electron chi connectivity index (χ1n) is 7.40. The Labute approximate surface area is 156 Å². The number of rotatable bonds is 4. The summed E-state index contributed by atoms with van der Waals surface area (Å²) in [5, 5.41) is 0. The van der Waals surface area contributed by atoms with Crippen LogP contribution in [0.2, 0.25) is 0 Å². The third-order valence-electron chi connectivity index (χ3n) is 3.62. The Morgan fingerprint density at radius 2 is 1.69 bits per heavy atom. The first-order chi connectivity index (χ1) is 11.8. The van der Waals surface area contributed by atoms with Crippen LogP contribution in [0.25, 0.3) is 0 Å². The zero-order chi connectivity index (χ0) is 18.6. The maximum absolute atomic E-state index is 13.2. The molecule has 0 saturated carbocycles. The molecule has 1 aromatic rings. The van der Waals surface area contributed by atoms with Gasteiger partial charge in [-0.05, 0) is 0 Å². The summed E-state index contributed by atoms with van der Waals surface area (Å²) < 4.78 is 42.1. The van der Waals surface area contributed by atoms with Crippen molar-refractivity contribution < 1.29 is 23.0 Å². The number of halogens is 3. The fraction of sp³-hybridized carbons (Fsp3) is 0.467. The second-order valence-electron chi connectivity index (χ2n) is 5.35. The first-order valence-corrected chi connectivity index (χ1v) is 7.40. The highest BCUT2D eigenvalue weighted by Crippen LogP contribution is 2.40. The zero-order valence-corrected chi connectivity index (χ0v) is 15.5. The Bertz CT molecular complexity index is 675. The van der Waals surface area contributed by atoms with Crippen molar-refractivity contribution in [3.05, 3.63) is 12.1 Å². The summed E-state index contributed by atoms with van der Waals surface area (Å²) in [7, 11) is 4.42. The predicted molar refractivity (Wildman–Crippen MR) is 97.4 cm³/mol. The van der Waals surface area contributed by atoms with Crippen LogP contribution in [-0.2, 0) is 0 Å². The number of likely N-dealkylation sites (tertiary alicyclic amines) is 1. The predicted octanol–water partition coefficient (Wildman–Crippen LogP) is 1.74. The lowest BCUT2D eigenvalue weighted by atomic mass is 10.2. The number of benzene rings is 1. The molecule has 4 N–H and O–H groups in total. The highest BCUT2D eigenvalue weighted by Gasteiger charge is 2.39. The minimum absolute atomic E-state index is 0. The minimum Gasteiger partial charge on any atom is -0.493 e. The molecular formula is C15H22ClF2N5O3. The molecule has 0 aromatic heterocycles. The highest BCUT2D eigenvalue weighted by atomic mass is 35.5. The summed E-state index contributed by atoms with van der Waals surface area (Å²) in [4.78, 5) is 9.23. The third kappa shape index (κ3) is 5.01. The van der Waals surface area contributed by atoms with Crippen LogP contribution < -0.4 is 25.7 Å². The number of hydrogen-bond acceptors (Lipinski definition) is 4. The van der Waals surface area contributed by atoms with Crippen molar-refractivity contribution in [2.75, 3.05) is 34.4 Å². The molecule has 0 amide bonds. The van der Waals surface area contributed by atoms with Gasteiger partial charge in [-0.25, -0.2) is 13.8 Å². The van der Waals surface area contributed by atoms with Gasteiger partial charge in [0.25, 0.3) is 5.92 Å². The maximum atomic E-state index is 13.2. The van der Waals surface area contributed by atoms with Crippen LogP contribution in [0.15, 0.2) is 22.1 Å². The van der Waals surface area contributed by atoms with Crippen molar-refractivity contribution in [1.29, 1.82) is 0 Å². The number of nitrogens with two attached hydrogens (primary N) is 2. The summed E-state index contributed by atoms with van der Waals surface area (Å²) in [6, 6.07) is 3.15. The SMILES string of the molecule is COc1cc(N=C(N)N=C(N)N2CCC(F)(F)C2)cc(OC)c1OC.Cl. The molecule has 2 rings (SSSR count). The third-order valence-corrected chi connectivity index (χ3v) is 3.62. The Kier molecular flexibility index (Phi) is 7.25. The number of guanidine groups is 2. The number of hydrogen-bond donors (Lipinski definition) is 2. The summed E-state index contributed by atoms with van der Waals surface area (Å²) >= 11 is 0. The van der Waals surface area contributed by atoms with E-state index in [0.29, 0.717) is 22.9 Å². The van der Waals surface area contributed by atoms with Crippen molar-refractivity contribution in [2.24, 2.45) is 21.5 Å². The van der Waals surface area contributed by atoms with Crippen LogP contribution in [-0.4, -0.2) is 57.2 Å². The second kappa shape index (κ2) is 8.75. The maximum Gasteiger partial charge on any atom is 0.267 e. The van der Waals surface area contributed by atoms with Crippen molar-refractivity contribution >= 4 is 30.0 Å². The van der Waals surface area contributed by atoms with Gasteiger partial charge in [0.15, 0.2) is 17.5 Å². The number of alkyl halides is 2. The molecule has 26 heavy (non-hydrogen) atoms. The molecule has 1 heterocycles. The van der Waals surface area contributed by atoms with Crippen LogP contribution in [0.4, 0.5) is 14.5 Å². The van der Waals surface area contributed by atoms with Gasteiger partial charge in [-0.3, -0.25) is 0 Å². The van der Waals surface area contributed by atoms with E-state index in [-0.39, 0.29) is 37.3 Å². The van der Waals surface area contributed by atoms with E-state index in [4.69, 9.17) is 25.7 Å². The fourth-order valence-corrected chi connectivity index (χ4v) is 2.41. The molecule has 0 radical (unpaired) electrons. The number of nitrogens with zero attached hydrogens (tertiary/aromatic N) is 3. The van der Waals surface area contributed by atoms with Crippen LogP contribution in [0, 0.1) is 0 Å². The smallest absolute Gasteiger partial charge is 0.267 e. The van der Waals surface area contributed by atoms with Crippen molar-refractivity contribution in [3.8, 4) is 17.2 Å². The molecule has 8 nitrogen and oxygen atoms in total. The van der Waals surface area contributed by atoms with Gasteiger partial charge in [0.2, 0.25) is 11.7 Å². The summed E-state index contributed by atoms with van der Waals surface area (Å²) in [6.45, 7) is -0.375. The number of aliphatic imine (C=N–C) groups is 2. The molecular weight excluding hydrogens is 372 g/mol. The summed E-state index contributed by atoms with van der Waals surface area (Å²) in [5.74, 6) is -1.87. The standard InChI is InChI=1S/C15H21F2N5O3.ClH/c1-23-10-6-9(7-11(24-2)12(10)25-3)20-13(18)21-14(19)22-5-4-15(16,17)8-22;/h6-7H,4-5,8H2,1-3H3,(H4,18,19,20,21);1H. The van der Waals surface area contributed by atoms with E-state index in [9.17, 15) is 8.78 Å². The Balaban J connectivity index is 0.00000338. The molecule has 146 valence electrons. The van der Waals surface area contributed by atoms with E-state index in [1.807, 2.05) is 0 Å². The van der Waals surface area contributed by atoms with E-state index < -0.39 is 12.5 Å². The molecule has 1 aromatic carbocycles. The van der Waals surface area contributed by atoms with Crippen molar-refractivity contribution in [2.45, 2.75) is 12.3 Å². The lowest BCUT2D eigenvalue weighted by Crippen LogP contribution is -2.38. The Morgan fingerprint density at radius 3 is 2.12 bits per heavy atom. The van der Waals surface area contributed by atoms with E-state index in [0.717, 1.165) is 0 Å². The Morgan fingerprint density at radius 1 is 1.12 bits per heavy atom. The van der Waals surface area contributed by atoms with E-state index in [1.165, 1.54) is 26.2 Å². The average Bonchev–Trinajstić information content (AvgIpc) is 2.93. The van der Waals surface area contributed by atoms with Gasteiger partial charge in [-0.1, -0.05) is 0 Å². The summed E-state index contributed by atoms with van der Waals surface area (Å²) in [6.07, 6.45) is -0.271. The van der Waals surface area contributed by atoms with Gasteiger partial charge in [-0.15, -0.1) is 12.4 Å². The minimum atomic E-state index is -2.78. The first kappa shape index (κ1) is 21.6. The highest BCUT2D eigenvalue weighted by molar-refractivity contribution is 5.94. The number of methoxy groups -OCH3 is 3. The van der Waals surface area contributed by atoms with Gasteiger partial charge < -0.3 is 30.6 Å². The molecule has 1 aliphatic heterocycles. The lowest BCUT2D eigenvalue weighted by molar-refractivity contribution is 0.0175. The van der Waals surface area contributed by atoms with Crippen LogP contribution in [0.3, 0.4) is 0 Å². The van der Waals surface area contributed by atoms with Gasteiger partial charge in [0.1, 0.15) is 0 Å². The van der Waals surface area contributed by atoms with Crippen molar-refractivity contribution in [3.63, 3.8) is 0 Å². The van der Waals surface area contributed by atoms with Gasteiger partial charge >= 0.3 is 0 Å². The average molecular weight is 394 g/mol. The van der Waals surface area contributed by atoms with E-state index >= 15 is 0 Å². The Hall–Kier alpha value is -2.49. The number of ether oxygens (including phenoxy) is 3. The largest absolute Gasteiger partial charge is 0.493 e. The van der Waals surface area contributed by atoms with E-state index in [1.54, 1.807) is 12.1 Å². The monoisotopic (exact) mass is 393 g/mol. The molecule has 0 spiro atoms. The van der Waals surface area contributed by atoms with Gasteiger partial charge in [0, 0.05) is 25.1 Å². The molecule has 0 bridgehead atoms. The van der Waals surface area contributed by atoms with Gasteiger partial charge in [-0.2, -0.15) is 4.99 Å². The fourth-order valence-electron chi connectivity index (χ4n) is 2.41. The topological polar surface area (TPSA) is 108 Å². The van der Waals surface area contributed by atoms with Gasteiger partial charge in [0.05, 0.1) is 33.6 Å². The molecule has 0 unspecified atom stereocenters. The molecule has 0 aliphatic carbocycles. The quantitative estimate of drug-likeness (QED) is 0.596. The molecule has 11 heteroatoms. The molecule has 0 atom stereocenters. The normalized spacial score (nSPS) is 16.9. The summed E-state index contributed by atoms with van der Waals surface area (Å²) in [5.41, 5.74) is 11.9. The molecule has 1 saturated heterocycles. The van der Waals surface area contributed by atoms with Crippen molar-refractivity contribution in [1.82, 2.24) is 4.90 Å². The molecule has 1 aliphatic rings.